The van der Waals surface area contributed by atoms with Crippen LogP contribution in [0, 0.1) is 5.82 Å². The van der Waals surface area contributed by atoms with Crippen LogP contribution < -0.4 is 5.32 Å². The van der Waals surface area contributed by atoms with Gasteiger partial charge in [0.2, 0.25) is 5.91 Å². The van der Waals surface area contributed by atoms with Gasteiger partial charge in [0.25, 0.3) is 5.91 Å². The molecule has 21 heavy (non-hydrogen) atoms. The lowest BCUT2D eigenvalue weighted by atomic mass is 10.1. The number of hydrogen-bond donors (Lipinski definition) is 1. The molecule has 1 N–H and O–H groups in total. The number of halogens is 1. The maximum Gasteiger partial charge on any atom is 0.255 e. The Kier molecular flexibility index (Phi) is 5.58. The number of benzene rings is 1. The Morgan fingerprint density at radius 1 is 1.43 bits per heavy atom. The van der Waals surface area contributed by atoms with Gasteiger partial charge in [0.1, 0.15) is 11.9 Å². The molecular formula is C14H17FN2O3S. The van der Waals surface area contributed by atoms with Crippen molar-refractivity contribution in [1.82, 2.24) is 10.2 Å². The van der Waals surface area contributed by atoms with Crippen molar-refractivity contribution < 1.29 is 18.7 Å². The third-order valence-corrected chi connectivity index (χ3v) is 4.15. The van der Waals surface area contributed by atoms with Crippen LogP contribution >= 0.6 is 11.8 Å². The molecule has 0 spiro atoms. The number of ether oxygens (including phenoxy) is 1. The highest BCUT2D eigenvalue weighted by Gasteiger charge is 2.34. The maximum absolute atomic E-state index is 12.9. The average Bonchev–Trinajstić information content (AvgIpc) is 2.97. The fourth-order valence-corrected chi connectivity index (χ4v) is 3.17. The molecule has 0 saturated carbocycles. The van der Waals surface area contributed by atoms with Gasteiger partial charge in [-0.2, -0.15) is 0 Å². The van der Waals surface area contributed by atoms with E-state index in [1.165, 1.54) is 40.9 Å². The van der Waals surface area contributed by atoms with E-state index in [0.717, 1.165) is 0 Å². The molecule has 1 aliphatic rings. The van der Waals surface area contributed by atoms with Crippen molar-refractivity contribution in [3.8, 4) is 0 Å². The molecule has 0 aliphatic carbocycles. The van der Waals surface area contributed by atoms with Gasteiger partial charge in [0, 0.05) is 25.0 Å². The zero-order chi connectivity index (χ0) is 15.2. The number of nitrogens with one attached hydrogen (secondary N) is 1. The van der Waals surface area contributed by atoms with E-state index < -0.39 is 11.9 Å². The number of carbonyl (C=O) groups excluding carboxylic acids is 2. The van der Waals surface area contributed by atoms with E-state index >= 15 is 0 Å². The Morgan fingerprint density at radius 3 is 2.81 bits per heavy atom. The van der Waals surface area contributed by atoms with Crippen LogP contribution in [0.4, 0.5) is 4.39 Å². The van der Waals surface area contributed by atoms with Gasteiger partial charge in [-0.25, -0.2) is 4.39 Å². The van der Waals surface area contributed by atoms with Gasteiger partial charge in [-0.05, 0) is 24.3 Å². The number of carbonyl (C=O) groups is 2. The summed E-state index contributed by atoms with van der Waals surface area (Å²) in [6, 6.07) is 4.85. The highest BCUT2D eigenvalue weighted by molar-refractivity contribution is 7.99. The van der Waals surface area contributed by atoms with Gasteiger partial charge in [-0.15, -0.1) is 11.8 Å². The second-order valence-electron chi connectivity index (χ2n) is 4.58. The highest BCUT2D eigenvalue weighted by atomic mass is 32.2. The largest absolute Gasteiger partial charge is 0.383 e. The third-order valence-electron chi connectivity index (χ3n) is 3.14. The molecule has 7 heteroatoms. The van der Waals surface area contributed by atoms with Crippen LogP contribution in [-0.4, -0.2) is 54.6 Å². The molecule has 1 heterocycles. The average molecular weight is 312 g/mol. The second kappa shape index (κ2) is 7.42. The van der Waals surface area contributed by atoms with E-state index in [1.807, 2.05) is 0 Å². The van der Waals surface area contributed by atoms with Gasteiger partial charge in [-0.1, -0.05) is 0 Å². The van der Waals surface area contributed by atoms with Crippen LogP contribution in [0.25, 0.3) is 0 Å². The standard InChI is InChI=1S/C14H17FN2O3S/c1-20-7-6-16-13(18)12-8-21-9-17(12)14(19)10-2-4-11(15)5-3-10/h2-5,12H,6-9H2,1H3,(H,16,18). The first-order valence-electron chi connectivity index (χ1n) is 6.54. The molecule has 0 bridgehead atoms. The van der Waals surface area contributed by atoms with Crippen molar-refractivity contribution in [3.05, 3.63) is 35.6 Å². The van der Waals surface area contributed by atoms with Crippen molar-refractivity contribution in [2.45, 2.75) is 6.04 Å². The number of nitrogens with zero attached hydrogens (tertiary/aromatic N) is 1. The molecule has 1 fully saturated rings. The van der Waals surface area contributed by atoms with Gasteiger partial charge in [-0.3, -0.25) is 9.59 Å². The minimum Gasteiger partial charge on any atom is -0.383 e. The van der Waals surface area contributed by atoms with E-state index in [-0.39, 0.29) is 11.8 Å². The lowest BCUT2D eigenvalue weighted by Gasteiger charge is -2.23. The number of amides is 2. The molecule has 0 radical (unpaired) electrons. The van der Waals surface area contributed by atoms with Crippen LogP contribution in [0.1, 0.15) is 10.4 Å². The SMILES string of the molecule is COCCNC(=O)C1CSCN1C(=O)c1ccc(F)cc1. The van der Waals surface area contributed by atoms with Crippen molar-refractivity contribution in [3.63, 3.8) is 0 Å². The highest BCUT2D eigenvalue weighted by Crippen LogP contribution is 2.23. The smallest absolute Gasteiger partial charge is 0.255 e. The summed E-state index contributed by atoms with van der Waals surface area (Å²) >= 11 is 1.52. The molecule has 1 aromatic carbocycles. The minimum atomic E-state index is -0.496. The number of rotatable bonds is 5. The van der Waals surface area contributed by atoms with Crippen LogP contribution in [0.3, 0.4) is 0 Å². The van der Waals surface area contributed by atoms with E-state index in [0.29, 0.717) is 30.3 Å². The maximum atomic E-state index is 12.9. The topological polar surface area (TPSA) is 58.6 Å². The zero-order valence-corrected chi connectivity index (χ0v) is 12.5. The number of thioether (sulfide) groups is 1. The summed E-state index contributed by atoms with van der Waals surface area (Å²) in [4.78, 5) is 26.0. The molecule has 0 aromatic heterocycles. The summed E-state index contributed by atoms with van der Waals surface area (Å²) in [5.74, 6) is 0.181. The Morgan fingerprint density at radius 2 is 2.14 bits per heavy atom. The van der Waals surface area contributed by atoms with Gasteiger partial charge in [0.05, 0.1) is 12.5 Å². The Balaban J connectivity index is 2.02. The molecule has 1 saturated heterocycles. The van der Waals surface area contributed by atoms with Gasteiger partial charge in [0.15, 0.2) is 0 Å². The summed E-state index contributed by atoms with van der Waals surface area (Å²) in [5.41, 5.74) is 0.383. The van der Waals surface area contributed by atoms with Crippen LogP contribution in [-0.2, 0) is 9.53 Å². The molecule has 1 aliphatic heterocycles. The van der Waals surface area contributed by atoms with E-state index in [9.17, 15) is 14.0 Å². The predicted molar refractivity (Wildman–Crippen MR) is 78.6 cm³/mol. The van der Waals surface area contributed by atoms with Crippen molar-refractivity contribution in [2.24, 2.45) is 0 Å². The molecule has 2 amide bonds. The summed E-state index contributed by atoms with van der Waals surface area (Å²) in [7, 11) is 1.56. The zero-order valence-electron chi connectivity index (χ0n) is 11.7. The van der Waals surface area contributed by atoms with E-state index in [2.05, 4.69) is 5.32 Å². The molecule has 5 nitrogen and oxygen atoms in total. The summed E-state index contributed by atoms with van der Waals surface area (Å²) < 4.78 is 17.8. The number of hydrogen-bond acceptors (Lipinski definition) is 4. The first kappa shape index (κ1) is 15.8. The predicted octanol–water partition coefficient (Wildman–Crippen LogP) is 1.10. The Bertz CT molecular complexity index is 509. The minimum absolute atomic E-state index is 0.187. The summed E-state index contributed by atoms with van der Waals surface area (Å²) in [5, 5.41) is 2.74. The van der Waals surface area contributed by atoms with Gasteiger partial charge >= 0.3 is 0 Å². The van der Waals surface area contributed by atoms with Crippen LogP contribution in [0.15, 0.2) is 24.3 Å². The Hall–Kier alpha value is -1.60. The molecule has 1 atom stereocenters. The van der Waals surface area contributed by atoms with E-state index in [1.54, 1.807) is 7.11 Å². The number of methoxy groups -OCH3 is 1. The fourth-order valence-electron chi connectivity index (χ4n) is 2.01. The Labute approximate surface area is 126 Å². The van der Waals surface area contributed by atoms with Crippen molar-refractivity contribution in [2.75, 3.05) is 31.9 Å². The van der Waals surface area contributed by atoms with Crippen LogP contribution in [0.5, 0.6) is 0 Å². The summed E-state index contributed by atoms with van der Waals surface area (Å²) in [6.07, 6.45) is 0. The van der Waals surface area contributed by atoms with E-state index in [4.69, 9.17) is 4.74 Å². The molecule has 1 unspecified atom stereocenters. The summed E-state index contributed by atoms with van der Waals surface area (Å²) in [6.45, 7) is 0.840. The monoisotopic (exact) mass is 312 g/mol. The second-order valence-corrected chi connectivity index (χ2v) is 5.58. The van der Waals surface area contributed by atoms with Gasteiger partial charge < -0.3 is 15.0 Å². The van der Waals surface area contributed by atoms with Crippen molar-refractivity contribution >= 4 is 23.6 Å². The van der Waals surface area contributed by atoms with Crippen LogP contribution in [0.2, 0.25) is 0 Å². The first-order valence-corrected chi connectivity index (χ1v) is 7.70. The lowest BCUT2D eigenvalue weighted by Crippen LogP contribution is -2.47. The first-order chi connectivity index (χ1) is 10.1. The quantitative estimate of drug-likeness (QED) is 0.827. The fraction of sp³-hybridized carbons (Fsp3) is 0.429. The molecule has 1 aromatic rings. The van der Waals surface area contributed by atoms with Crippen molar-refractivity contribution in [1.29, 1.82) is 0 Å². The molecule has 114 valence electrons. The third kappa shape index (κ3) is 3.95. The lowest BCUT2D eigenvalue weighted by molar-refractivity contribution is -0.124. The normalized spacial score (nSPS) is 17.8. The molecular weight excluding hydrogens is 295 g/mol. The molecule has 2 rings (SSSR count).